The van der Waals surface area contributed by atoms with Gasteiger partial charge in [-0.1, -0.05) is 0 Å². The number of likely N-dealkylation sites (N-methyl/N-ethyl adjacent to an activating group) is 2. The molecular weight excluding hydrogens is 258 g/mol. The second-order valence-corrected chi connectivity index (χ2v) is 6.46. The number of rotatable bonds is 3. The van der Waals surface area contributed by atoms with Crippen LogP contribution in [0, 0.1) is 5.92 Å². The maximum absolute atomic E-state index is 11.8. The molecule has 1 amide bonds. The molecule has 1 aromatic rings. The average Bonchev–Trinajstić information content (AvgIpc) is 3.09. The molecule has 2 aliphatic rings. The Morgan fingerprint density at radius 1 is 1.53 bits per heavy atom. The Hall–Kier alpha value is -0.910. The first-order valence-corrected chi connectivity index (χ1v) is 7.80. The highest BCUT2D eigenvalue weighted by atomic mass is 32.1. The molecule has 3 atom stereocenters. The van der Waals surface area contributed by atoms with Crippen LogP contribution in [0.5, 0.6) is 0 Å². The fraction of sp³-hybridized carbons (Fsp3) is 0.643. The molecule has 19 heavy (non-hydrogen) atoms. The van der Waals surface area contributed by atoms with Crippen LogP contribution in [-0.2, 0) is 11.3 Å². The fourth-order valence-corrected chi connectivity index (χ4v) is 4.21. The second-order valence-electron chi connectivity index (χ2n) is 5.68. The molecule has 0 unspecified atom stereocenters. The number of amides is 1. The van der Waals surface area contributed by atoms with E-state index in [1.54, 1.807) is 18.4 Å². The normalized spacial score (nSPS) is 31.6. The van der Waals surface area contributed by atoms with Crippen molar-refractivity contribution in [3.63, 3.8) is 0 Å². The van der Waals surface area contributed by atoms with E-state index in [4.69, 9.17) is 0 Å². The Kier molecular flexibility index (Phi) is 3.60. The molecule has 2 fully saturated rings. The van der Waals surface area contributed by atoms with Crippen molar-refractivity contribution in [2.75, 3.05) is 27.2 Å². The Balaban J connectivity index is 1.61. The van der Waals surface area contributed by atoms with Crippen LogP contribution in [0.2, 0.25) is 0 Å². The van der Waals surface area contributed by atoms with Crippen LogP contribution >= 0.6 is 11.3 Å². The maximum Gasteiger partial charge on any atom is 0.237 e. The molecule has 0 aromatic carbocycles. The highest BCUT2D eigenvalue weighted by Gasteiger charge is 2.46. The van der Waals surface area contributed by atoms with Crippen molar-refractivity contribution in [3.8, 4) is 0 Å². The zero-order valence-electron chi connectivity index (χ0n) is 11.5. The SMILES string of the molecule is CNC(=O)[C@@H]1C[C@H]2CN(Cc3ccsc3)C[C@H]2N1C. The molecule has 0 saturated carbocycles. The number of nitrogens with zero attached hydrogens (tertiary/aromatic N) is 2. The molecule has 2 saturated heterocycles. The number of hydrogen-bond acceptors (Lipinski definition) is 4. The first-order chi connectivity index (χ1) is 9.19. The van der Waals surface area contributed by atoms with Gasteiger partial charge in [-0.3, -0.25) is 14.6 Å². The number of fused-ring (bicyclic) bond motifs is 1. The molecule has 2 aliphatic heterocycles. The molecule has 3 heterocycles. The predicted molar refractivity (Wildman–Crippen MR) is 77.1 cm³/mol. The third-order valence-electron chi connectivity index (χ3n) is 4.56. The second kappa shape index (κ2) is 5.23. The highest BCUT2D eigenvalue weighted by molar-refractivity contribution is 7.07. The van der Waals surface area contributed by atoms with Crippen molar-refractivity contribution in [2.24, 2.45) is 5.92 Å². The Bertz CT molecular complexity index is 448. The van der Waals surface area contributed by atoms with Gasteiger partial charge in [0.25, 0.3) is 0 Å². The van der Waals surface area contributed by atoms with Gasteiger partial charge in [0.2, 0.25) is 5.91 Å². The molecule has 0 spiro atoms. The number of likely N-dealkylation sites (tertiary alicyclic amines) is 2. The molecule has 1 N–H and O–H groups in total. The fourth-order valence-electron chi connectivity index (χ4n) is 3.55. The summed E-state index contributed by atoms with van der Waals surface area (Å²) in [4.78, 5) is 16.6. The van der Waals surface area contributed by atoms with Gasteiger partial charge in [-0.2, -0.15) is 11.3 Å². The lowest BCUT2D eigenvalue weighted by Crippen LogP contribution is -2.44. The minimum Gasteiger partial charge on any atom is -0.358 e. The molecule has 0 radical (unpaired) electrons. The number of hydrogen-bond donors (Lipinski definition) is 1. The van der Waals surface area contributed by atoms with E-state index in [1.165, 1.54) is 5.56 Å². The van der Waals surface area contributed by atoms with Gasteiger partial charge >= 0.3 is 0 Å². The summed E-state index contributed by atoms with van der Waals surface area (Å²) in [5, 5.41) is 7.15. The molecular formula is C14H21N3OS. The van der Waals surface area contributed by atoms with E-state index in [2.05, 4.69) is 39.0 Å². The minimum absolute atomic E-state index is 0.0725. The van der Waals surface area contributed by atoms with Crippen molar-refractivity contribution in [2.45, 2.75) is 25.0 Å². The quantitative estimate of drug-likeness (QED) is 0.896. The number of carbonyl (C=O) groups is 1. The van der Waals surface area contributed by atoms with Gasteiger partial charge in [0.05, 0.1) is 6.04 Å². The van der Waals surface area contributed by atoms with Gasteiger partial charge in [-0.15, -0.1) is 0 Å². The van der Waals surface area contributed by atoms with E-state index in [0.717, 1.165) is 26.1 Å². The van der Waals surface area contributed by atoms with Gasteiger partial charge in [0.1, 0.15) is 0 Å². The van der Waals surface area contributed by atoms with Crippen molar-refractivity contribution < 1.29 is 4.79 Å². The van der Waals surface area contributed by atoms with Gasteiger partial charge < -0.3 is 5.32 Å². The van der Waals surface area contributed by atoms with Gasteiger partial charge in [0, 0.05) is 32.7 Å². The summed E-state index contributed by atoms with van der Waals surface area (Å²) in [7, 11) is 3.83. The van der Waals surface area contributed by atoms with Crippen LogP contribution < -0.4 is 5.32 Å². The highest BCUT2D eigenvalue weighted by Crippen LogP contribution is 2.35. The lowest BCUT2D eigenvalue weighted by molar-refractivity contribution is -0.125. The summed E-state index contributed by atoms with van der Waals surface area (Å²) < 4.78 is 0. The lowest BCUT2D eigenvalue weighted by atomic mass is 10.0. The average molecular weight is 279 g/mol. The third-order valence-corrected chi connectivity index (χ3v) is 5.29. The van der Waals surface area contributed by atoms with Crippen LogP contribution in [0.25, 0.3) is 0 Å². The van der Waals surface area contributed by atoms with E-state index < -0.39 is 0 Å². The van der Waals surface area contributed by atoms with Crippen LogP contribution in [-0.4, -0.2) is 55.0 Å². The van der Waals surface area contributed by atoms with Crippen LogP contribution in [0.3, 0.4) is 0 Å². The third kappa shape index (κ3) is 2.42. The Morgan fingerprint density at radius 3 is 3.00 bits per heavy atom. The molecule has 104 valence electrons. The number of carbonyl (C=O) groups excluding carboxylic acids is 1. The molecule has 5 heteroatoms. The van der Waals surface area contributed by atoms with Crippen molar-refractivity contribution in [1.29, 1.82) is 0 Å². The Morgan fingerprint density at radius 2 is 2.37 bits per heavy atom. The van der Waals surface area contributed by atoms with Crippen LogP contribution in [0.15, 0.2) is 16.8 Å². The van der Waals surface area contributed by atoms with Crippen molar-refractivity contribution >= 4 is 17.2 Å². The number of nitrogens with one attached hydrogen (secondary N) is 1. The van der Waals surface area contributed by atoms with Gasteiger partial charge in [0.15, 0.2) is 0 Å². The summed E-state index contributed by atoms with van der Waals surface area (Å²) in [6.45, 7) is 3.26. The molecule has 4 nitrogen and oxygen atoms in total. The lowest BCUT2D eigenvalue weighted by Gasteiger charge is -2.25. The first-order valence-electron chi connectivity index (χ1n) is 6.86. The standard InChI is InChI=1S/C14H21N3OS/c1-15-14(18)12-5-11-7-17(8-13(11)16(12)2)6-10-3-4-19-9-10/h3-4,9,11-13H,5-8H2,1-2H3,(H,15,18)/t11-,12-,13+/m0/s1. The van der Waals surface area contributed by atoms with Crippen molar-refractivity contribution in [3.05, 3.63) is 22.4 Å². The van der Waals surface area contributed by atoms with E-state index in [-0.39, 0.29) is 11.9 Å². The van der Waals surface area contributed by atoms with Crippen LogP contribution in [0.1, 0.15) is 12.0 Å². The van der Waals surface area contributed by atoms with Gasteiger partial charge in [-0.25, -0.2) is 0 Å². The zero-order chi connectivity index (χ0) is 13.4. The summed E-state index contributed by atoms with van der Waals surface area (Å²) in [6.07, 6.45) is 1.00. The summed E-state index contributed by atoms with van der Waals surface area (Å²) in [5.74, 6) is 0.812. The minimum atomic E-state index is 0.0725. The Labute approximate surface area is 118 Å². The van der Waals surface area contributed by atoms with E-state index >= 15 is 0 Å². The molecule has 0 bridgehead atoms. The molecule has 1 aromatic heterocycles. The monoisotopic (exact) mass is 279 g/mol. The van der Waals surface area contributed by atoms with E-state index in [9.17, 15) is 4.79 Å². The topological polar surface area (TPSA) is 35.6 Å². The molecule has 3 rings (SSSR count). The summed E-state index contributed by atoms with van der Waals surface area (Å²) >= 11 is 1.76. The van der Waals surface area contributed by atoms with Gasteiger partial charge in [-0.05, 0) is 41.8 Å². The van der Waals surface area contributed by atoms with E-state index in [1.807, 2.05) is 0 Å². The smallest absolute Gasteiger partial charge is 0.237 e. The number of thiophene rings is 1. The summed E-state index contributed by atoms with van der Waals surface area (Å²) in [5.41, 5.74) is 1.41. The predicted octanol–water partition coefficient (Wildman–Crippen LogP) is 0.999. The largest absolute Gasteiger partial charge is 0.358 e. The molecule has 0 aliphatic carbocycles. The van der Waals surface area contributed by atoms with E-state index in [0.29, 0.717) is 12.0 Å². The van der Waals surface area contributed by atoms with Crippen LogP contribution in [0.4, 0.5) is 0 Å². The zero-order valence-corrected chi connectivity index (χ0v) is 12.3. The maximum atomic E-state index is 11.8. The first kappa shape index (κ1) is 13.1. The summed E-state index contributed by atoms with van der Waals surface area (Å²) in [6, 6.07) is 2.82. The van der Waals surface area contributed by atoms with Crippen molar-refractivity contribution in [1.82, 2.24) is 15.1 Å².